The fourth-order valence-electron chi connectivity index (χ4n) is 2.66. The first-order chi connectivity index (χ1) is 11.4. The minimum atomic E-state index is -0.671. The third-order valence-corrected chi connectivity index (χ3v) is 3.79. The van der Waals surface area contributed by atoms with Gasteiger partial charge in [-0.15, -0.1) is 0 Å². The molecule has 2 amide bonds. The number of esters is 1. The van der Waals surface area contributed by atoms with Gasteiger partial charge in [-0.05, 0) is 6.42 Å². The van der Waals surface area contributed by atoms with Crippen LogP contribution in [0, 0.1) is 0 Å². The first-order valence-electron chi connectivity index (χ1n) is 7.32. The first-order valence-corrected chi connectivity index (χ1v) is 7.32. The quantitative estimate of drug-likeness (QED) is 0.810. The number of hydrogen-bond acceptors (Lipinski definition) is 6. The summed E-state index contributed by atoms with van der Waals surface area (Å²) in [4.78, 5) is 48.6. The van der Waals surface area contributed by atoms with Crippen LogP contribution >= 0.6 is 0 Å². The molecule has 1 aliphatic heterocycles. The van der Waals surface area contributed by atoms with Crippen LogP contribution < -0.4 is 10.9 Å². The highest BCUT2D eigenvalue weighted by atomic mass is 16.5. The van der Waals surface area contributed by atoms with E-state index >= 15 is 0 Å². The van der Waals surface area contributed by atoms with Crippen LogP contribution in [0.2, 0.25) is 0 Å². The summed E-state index contributed by atoms with van der Waals surface area (Å²) >= 11 is 0. The van der Waals surface area contributed by atoms with Crippen molar-refractivity contribution in [2.75, 3.05) is 32.6 Å². The molecule has 9 nitrogen and oxygen atoms in total. The summed E-state index contributed by atoms with van der Waals surface area (Å²) in [6, 6.07) is 0.889. The summed E-state index contributed by atoms with van der Waals surface area (Å²) in [6.07, 6.45) is 1.44. The van der Waals surface area contributed by atoms with Gasteiger partial charge in [-0.2, -0.15) is 0 Å². The Morgan fingerprint density at radius 2 is 1.96 bits per heavy atom. The van der Waals surface area contributed by atoms with E-state index in [1.54, 1.807) is 0 Å². The van der Waals surface area contributed by atoms with E-state index in [0.29, 0.717) is 19.5 Å². The third-order valence-electron chi connectivity index (χ3n) is 3.79. The van der Waals surface area contributed by atoms with E-state index in [9.17, 15) is 19.2 Å². The second kappa shape index (κ2) is 7.16. The fourth-order valence-corrected chi connectivity index (χ4v) is 2.66. The average Bonchev–Trinajstić information content (AvgIpc) is 3.02. The SMILES string of the molecule is COC(=O)c1cn([C@@H]2CCN(C(=O)OC)C2)c(=O)cc1NC(C)=O. The maximum absolute atomic E-state index is 12.3. The second-order valence-electron chi connectivity index (χ2n) is 5.38. The largest absolute Gasteiger partial charge is 0.465 e. The molecule has 9 heteroatoms. The number of carbonyl (C=O) groups excluding carboxylic acids is 3. The van der Waals surface area contributed by atoms with Crippen LogP contribution in [0.5, 0.6) is 0 Å². The Kier molecular flexibility index (Phi) is 5.22. The van der Waals surface area contributed by atoms with Crippen LogP contribution in [0.25, 0.3) is 0 Å². The third kappa shape index (κ3) is 3.55. The highest BCUT2D eigenvalue weighted by molar-refractivity contribution is 6.00. The number of amides is 2. The zero-order valence-electron chi connectivity index (χ0n) is 13.7. The molecular formula is C15H19N3O6. The summed E-state index contributed by atoms with van der Waals surface area (Å²) in [5.74, 6) is -1.08. The maximum atomic E-state index is 12.3. The van der Waals surface area contributed by atoms with E-state index in [2.05, 4.69) is 10.1 Å². The topological polar surface area (TPSA) is 107 Å². The van der Waals surface area contributed by atoms with Gasteiger partial charge in [0.05, 0.1) is 31.5 Å². The molecular weight excluding hydrogens is 318 g/mol. The van der Waals surface area contributed by atoms with Gasteiger partial charge in [0, 0.05) is 32.3 Å². The fraction of sp³-hybridized carbons (Fsp3) is 0.467. The Hall–Kier alpha value is -2.84. The van der Waals surface area contributed by atoms with Crippen molar-refractivity contribution in [3.05, 3.63) is 28.2 Å². The Morgan fingerprint density at radius 3 is 2.54 bits per heavy atom. The number of methoxy groups -OCH3 is 2. The molecule has 2 rings (SSSR count). The lowest BCUT2D eigenvalue weighted by atomic mass is 10.2. The summed E-state index contributed by atoms with van der Waals surface area (Å²) in [5, 5.41) is 2.45. The van der Waals surface area contributed by atoms with Crippen LogP contribution in [-0.2, 0) is 14.3 Å². The highest BCUT2D eigenvalue weighted by Gasteiger charge is 2.29. The number of rotatable bonds is 3. The van der Waals surface area contributed by atoms with Gasteiger partial charge in [0.25, 0.3) is 5.56 Å². The summed E-state index contributed by atoms with van der Waals surface area (Å²) < 4.78 is 10.7. The van der Waals surface area contributed by atoms with E-state index in [1.165, 1.54) is 42.9 Å². The molecule has 1 N–H and O–H groups in total. The van der Waals surface area contributed by atoms with Crippen molar-refractivity contribution in [3.8, 4) is 0 Å². The maximum Gasteiger partial charge on any atom is 0.409 e. The molecule has 1 aliphatic rings. The van der Waals surface area contributed by atoms with Gasteiger partial charge in [0.1, 0.15) is 0 Å². The molecule has 1 atom stereocenters. The molecule has 1 fully saturated rings. The zero-order valence-corrected chi connectivity index (χ0v) is 13.7. The van der Waals surface area contributed by atoms with Crippen molar-refractivity contribution >= 4 is 23.7 Å². The highest BCUT2D eigenvalue weighted by Crippen LogP contribution is 2.23. The van der Waals surface area contributed by atoms with Crippen LogP contribution in [0.15, 0.2) is 17.1 Å². The Balaban J connectivity index is 2.38. The van der Waals surface area contributed by atoms with Gasteiger partial charge in [-0.3, -0.25) is 9.59 Å². The van der Waals surface area contributed by atoms with Gasteiger partial charge in [0.2, 0.25) is 5.91 Å². The summed E-state index contributed by atoms with van der Waals surface area (Å²) in [7, 11) is 2.50. The van der Waals surface area contributed by atoms with Crippen LogP contribution in [-0.4, -0.2) is 54.7 Å². The molecule has 0 spiro atoms. The number of carbonyl (C=O) groups is 3. The molecule has 0 bridgehead atoms. The molecule has 130 valence electrons. The second-order valence-corrected chi connectivity index (χ2v) is 5.38. The van der Waals surface area contributed by atoms with Crippen molar-refractivity contribution in [2.45, 2.75) is 19.4 Å². The summed E-state index contributed by atoms with van der Waals surface area (Å²) in [6.45, 7) is 2.02. The monoisotopic (exact) mass is 337 g/mol. The number of nitrogens with one attached hydrogen (secondary N) is 1. The number of pyridine rings is 1. The van der Waals surface area contributed by atoms with Gasteiger partial charge >= 0.3 is 12.1 Å². The van der Waals surface area contributed by atoms with Gasteiger partial charge in [-0.25, -0.2) is 9.59 Å². The molecule has 0 saturated carbocycles. The van der Waals surface area contributed by atoms with Crippen molar-refractivity contribution in [1.29, 1.82) is 0 Å². The van der Waals surface area contributed by atoms with Crippen molar-refractivity contribution < 1.29 is 23.9 Å². The van der Waals surface area contributed by atoms with Gasteiger partial charge < -0.3 is 24.3 Å². The molecule has 1 aromatic rings. The number of nitrogens with zero attached hydrogens (tertiary/aromatic N) is 2. The number of hydrogen-bond donors (Lipinski definition) is 1. The van der Waals surface area contributed by atoms with E-state index < -0.39 is 18.0 Å². The van der Waals surface area contributed by atoms with E-state index in [1.807, 2.05) is 0 Å². The predicted octanol–water partition coefficient (Wildman–Crippen LogP) is 0.607. The van der Waals surface area contributed by atoms with Crippen LogP contribution in [0.1, 0.15) is 29.7 Å². The Bertz CT molecular complexity index is 726. The minimum Gasteiger partial charge on any atom is -0.465 e. The lowest BCUT2D eigenvalue weighted by molar-refractivity contribution is -0.114. The Morgan fingerprint density at radius 1 is 1.25 bits per heavy atom. The van der Waals surface area contributed by atoms with E-state index in [4.69, 9.17) is 4.74 Å². The first kappa shape index (κ1) is 17.5. The molecule has 1 aromatic heterocycles. The molecule has 2 heterocycles. The number of likely N-dealkylation sites (tertiary alicyclic amines) is 1. The summed E-state index contributed by atoms with van der Waals surface area (Å²) in [5.41, 5.74) is -0.217. The normalized spacial score (nSPS) is 16.6. The molecule has 24 heavy (non-hydrogen) atoms. The predicted molar refractivity (Wildman–Crippen MR) is 84.0 cm³/mol. The van der Waals surface area contributed by atoms with Gasteiger partial charge in [-0.1, -0.05) is 0 Å². The lowest BCUT2D eigenvalue weighted by Gasteiger charge is -2.18. The van der Waals surface area contributed by atoms with E-state index in [-0.39, 0.29) is 22.9 Å². The Labute approximate surface area is 138 Å². The molecule has 0 aromatic carbocycles. The smallest absolute Gasteiger partial charge is 0.409 e. The average molecular weight is 337 g/mol. The zero-order chi connectivity index (χ0) is 17.9. The van der Waals surface area contributed by atoms with Crippen LogP contribution in [0.4, 0.5) is 10.5 Å². The molecule has 1 saturated heterocycles. The van der Waals surface area contributed by atoms with Gasteiger partial charge in [0.15, 0.2) is 0 Å². The van der Waals surface area contributed by atoms with Crippen molar-refractivity contribution in [3.63, 3.8) is 0 Å². The number of ether oxygens (including phenoxy) is 2. The molecule has 0 aliphatic carbocycles. The minimum absolute atomic E-state index is 0.0730. The van der Waals surface area contributed by atoms with Crippen LogP contribution in [0.3, 0.4) is 0 Å². The lowest BCUT2D eigenvalue weighted by Crippen LogP contribution is -2.31. The van der Waals surface area contributed by atoms with Crippen molar-refractivity contribution in [2.24, 2.45) is 0 Å². The standard InChI is InChI=1S/C15H19N3O6/c1-9(19)16-12-6-13(20)18(8-11(12)14(21)23-2)10-4-5-17(7-10)15(22)24-3/h6,8,10H,4-5,7H2,1-3H3,(H,16,19)/t10-/m1/s1. The van der Waals surface area contributed by atoms with E-state index in [0.717, 1.165) is 0 Å². The molecule has 0 radical (unpaired) electrons. The number of anilines is 1. The number of aromatic nitrogens is 1. The molecule has 0 unspecified atom stereocenters. The van der Waals surface area contributed by atoms with Crippen molar-refractivity contribution in [1.82, 2.24) is 9.47 Å².